The van der Waals surface area contributed by atoms with Crippen molar-refractivity contribution in [2.24, 2.45) is 17.6 Å². The molecule has 0 radical (unpaired) electrons. The molecular formula is C12H20N4O. The second-order valence-corrected chi connectivity index (χ2v) is 4.80. The molecule has 1 aromatic heterocycles. The highest BCUT2D eigenvalue weighted by atomic mass is 16.2. The number of nitrogens with one attached hydrogen (secondary N) is 2. The van der Waals surface area contributed by atoms with Crippen molar-refractivity contribution < 1.29 is 4.79 Å². The Kier molecular flexibility index (Phi) is 3.78. The summed E-state index contributed by atoms with van der Waals surface area (Å²) in [6, 6.07) is 0. The Bertz CT molecular complexity index is 388. The molecule has 1 aliphatic carbocycles. The average Bonchev–Trinajstić information content (AvgIpc) is 2.75. The number of aromatic amines is 1. The molecule has 1 amide bonds. The first-order valence-electron chi connectivity index (χ1n) is 6.23. The molecule has 4 N–H and O–H groups in total. The van der Waals surface area contributed by atoms with E-state index in [2.05, 4.69) is 15.5 Å². The molecule has 1 saturated carbocycles. The summed E-state index contributed by atoms with van der Waals surface area (Å²) in [4.78, 5) is 12.2. The van der Waals surface area contributed by atoms with Gasteiger partial charge in [0.2, 0.25) is 5.91 Å². The number of rotatable bonds is 3. The zero-order valence-corrected chi connectivity index (χ0v) is 10.2. The quantitative estimate of drug-likeness (QED) is 0.742. The van der Waals surface area contributed by atoms with Gasteiger partial charge >= 0.3 is 0 Å². The largest absolute Gasteiger partial charge is 0.330 e. The van der Waals surface area contributed by atoms with Gasteiger partial charge < -0.3 is 11.1 Å². The van der Waals surface area contributed by atoms with Gasteiger partial charge in [-0.05, 0) is 32.2 Å². The molecule has 5 heteroatoms. The van der Waals surface area contributed by atoms with Crippen LogP contribution in [0.3, 0.4) is 0 Å². The number of anilines is 1. The van der Waals surface area contributed by atoms with Gasteiger partial charge in [0.15, 0.2) is 0 Å². The van der Waals surface area contributed by atoms with E-state index in [4.69, 9.17) is 5.73 Å². The normalized spacial score (nSPS) is 24.6. The minimum atomic E-state index is 0.0523. The number of aromatic nitrogens is 2. The Morgan fingerprint density at radius 2 is 2.35 bits per heavy atom. The molecule has 0 spiro atoms. The third-order valence-corrected chi connectivity index (χ3v) is 3.63. The third-order valence-electron chi connectivity index (χ3n) is 3.63. The number of H-pyrrole nitrogens is 1. The Morgan fingerprint density at radius 1 is 1.59 bits per heavy atom. The van der Waals surface area contributed by atoms with Crippen LogP contribution in [-0.2, 0) is 4.79 Å². The first-order valence-corrected chi connectivity index (χ1v) is 6.23. The van der Waals surface area contributed by atoms with E-state index < -0.39 is 0 Å². The van der Waals surface area contributed by atoms with Crippen molar-refractivity contribution in [1.29, 1.82) is 0 Å². The van der Waals surface area contributed by atoms with E-state index in [9.17, 15) is 4.79 Å². The van der Waals surface area contributed by atoms with Crippen molar-refractivity contribution in [3.05, 3.63) is 11.8 Å². The van der Waals surface area contributed by atoms with E-state index >= 15 is 0 Å². The third kappa shape index (κ3) is 2.66. The Hall–Kier alpha value is -1.36. The Labute approximate surface area is 101 Å². The molecule has 1 heterocycles. The van der Waals surface area contributed by atoms with Crippen LogP contribution >= 0.6 is 0 Å². The highest BCUT2D eigenvalue weighted by Crippen LogP contribution is 2.30. The Balaban J connectivity index is 2.01. The lowest BCUT2D eigenvalue weighted by atomic mass is 9.79. The molecule has 2 atom stereocenters. The zero-order valence-electron chi connectivity index (χ0n) is 10.2. The number of carbonyl (C=O) groups is 1. The maximum atomic E-state index is 12.2. The topological polar surface area (TPSA) is 83.8 Å². The highest BCUT2D eigenvalue weighted by Gasteiger charge is 2.30. The van der Waals surface area contributed by atoms with Crippen molar-refractivity contribution in [2.45, 2.75) is 32.6 Å². The first-order chi connectivity index (χ1) is 8.22. The van der Waals surface area contributed by atoms with E-state index in [-0.39, 0.29) is 11.8 Å². The number of hydrogen-bond donors (Lipinski definition) is 3. The molecule has 0 saturated heterocycles. The van der Waals surface area contributed by atoms with Crippen LogP contribution in [0.5, 0.6) is 0 Å². The summed E-state index contributed by atoms with van der Waals surface area (Å²) in [5.74, 6) is 1.16. The fourth-order valence-corrected chi connectivity index (χ4v) is 2.52. The van der Waals surface area contributed by atoms with Crippen molar-refractivity contribution in [3.63, 3.8) is 0 Å². The van der Waals surface area contributed by atoms with E-state index in [0.717, 1.165) is 24.8 Å². The molecule has 5 nitrogen and oxygen atoms in total. The summed E-state index contributed by atoms with van der Waals surface area (Å²) in [7, 11) is 0. The minimum absolute atomic E-state index is 0.0523. The lowest BCUT2D eigenvalue weighted by molar-refractivity contribution is -0.122. The average molecular weight is 236 g/mol. The highest BCUT2D eigenvalue weighted by molar-refractivity contribution is 5.92. The van der Waals surface area contributed by atoms with E-state index in [1.165, 1.54) is 6.42 Å². The van der Waals surface area contributed by atoms with Crippen LogP contribution in [0.15, 0.2) is 6.20 Å². The molecule has 2 unspecified atom stereocenters. The fourth-order valence-electron chi connectivity index (χ4n) is 2.52. The number of aryl methyl sites for hydroxylation is 1. The molecule has 0 bridgehead atoms. The van der Waals surface area contributed by atoms with Crippen LogP contribution < -0.4 is 11.1 Å². The lowest BCUT2D eigenvalue weighted by Crippen LogP contribution is -2.35. The van der Waals surface area contributed by atoms with Crippen molar-refractivity contribution in [3.8, 4) is 0 Å². The summed E-state index contributed by atoms with van der Waals surface area (Å²) in [6.07, 6.45) is 6.03. The summed E-state index contributed by atoms with van der Waals surface area (Å²) in [6.45, 7) is 2.51. The zero-order chi connectivity index (χ0) is 12.3. The van der Waals surface area contributed by atoms with Crippen LogP contribution in [0, 0.1) is 18.8 Å². The van der Waals surface area contributed by atoms with Crippen LogP contribution in [0.25, 0.3) is 0 Å². The van der Waals surface area contributed by atoms with Crippen LogP contribution in [0.4, 0.5) is 5.82 Å². The number of amides is 1. The molecule has 2 rings (SSSR count). The van der Waals surface area contributed by atoms with Gasteiger partial charge in [0.25, 0.3) is 0 Å². The molecule has 0 aliphatic heterocycles. The van der Waals surface area contributed by atoms with Crippen molar-refractivity contribution in [2.75, 3.05) is 11.9 Å². The number of carbonyl (C=O) groups excluding carboxylic acids is 1. The van der Waals surface area contributed by atoms with Crippen molar-refractivity contribution >= 4 is 11.7 Å². The SMILES string of the molecule is Cc1cn[nH]c1NC(=O)C1CCCCC1CN. The summed E-state index contributed by atoms with van der Waals surface area (Å²) in [5.41, 5.74) is 6.69. The minimum Gasteiger partial charge on any atom is -0.330 e. The van der Waals surface area contributed by atoms with Crippen LogP contribution in [0.2, 0.25) is 0 Å². The van der Waals surface area contributed by atoms with Crippen molar-refractivity contribution in [1.82, 2.24) is 10.2 Å². The summed E-state index contributed by atoms with van der Waals surface area (Å²) < 4.78 is 0. The Morgan fingerprint density at radius 3 is 3.00 bits per heavy atom. The van der Waals surface area contributed by atoms with Gasteiger partial charge in [-0.1, -0.05) is 12.8 Å². The maximum absolute atomic E-state index is 12.2. The van der Waals surface area contributed by atoms with Gasteiger partial charge in [0, 0.05) is 11.5 Å². The predicted molar refractivity (Wildman–Crippen MR) is 66.5 cm³/mol. The molecule has 0 aromatic carbocycles. The monoisotopic (exact) mass is 236 g/mol. The van der Waals surface area contributed by atoms with Crippen LogP contribution in [-0.4, -0.2) is 22.6 Å². The molecule has 1 aliphatic rings. The number of nitrogens with zero attached hydrogens (tertiary/aromatic N) is 1. The molecular weight excluding hydrogens is 216 g/mol. The number of nitrogens with two attached hydrogens (primary N) is 1. The van der Waals surface area contributed by atoms with Gasteiger partial charge in [-0.25, -0.2) is 0 Å². The lowest BCUT2D eigenvalue weighted by Gasteiger charge is -2.29. The van der Waals surface area contributed by atoms with Gasteiger partial charge in [-0.3, -0.25) is 9.89 Å². The summed E-state index contributed by atoms with van der Waals surface area (Å²) >= 11 is 0. The molecule has 1 aromatic rings. The smallest absolute Gasteiger partial charge is 0.228 e. The van der Waals surface area contributed by atoms with Crippen LogP contribution in [0.1, 0.15) is 31.2 Å². The molecule has 1 fully saturated rings. The second-order valence-electron chi connectivity index (χ2n) is 4.80. The van der Waals surface area contributed by atoms with Gasteiger partial charge in [0.05, 0.1) is 6.20 Å². The van der Waals surface area contributed by atoms with E-state index in [1.54, 1.807) is 6.20 Å². The summed E-state index contributed by atoms with van der Waals surface area (Å²) in [5, 5.41) is 9.60. The van der Waals surface area contributed by atoms with Gasteiger partial charge in [-0.2, -0.15) is 5.10 Å². The van der Waals surface area contributed by atoms with E-state index in [0.29, 0.717) is 18.3 Å². The molecule has 17 heavy (non-hydrogen) atoms. The van der Waals surface area contributed by atoms with Gasteiger partial charge in [-0.15, -0.1) is 0 Å². The first kappa shape index (κ1) is 12.1. The molecule has 94 valence electrons. The van der Waals surface area contributed by atoms with Gasteiger partial charge in [0.1, 0.15) is 5.82 Å². The maximum Gasteiger partial charge on any atom is 0.228 e. The van der Waals surface area contributed by atoms with E-state index in [1.807, 2.05) is 6.92 Å². The number of hydrogen-bond acceptors (Lipinski definition) is 3. The predicted octanol–water partition coefficient (Wildman–Crippen LogP) is 1.42. The second kappa shape index (κ2) is 5.31. The fraction of sp³-hybridized carbons (Fsp3) is 0.667. The standard InChI is InChI=1S/C12H20N4O/c1-8-7-14-16-11(8)15-12(17)10-5-3-2-4-9(10)6-13/h7,9-10H,2-6,13H2,1H3,(H2,14,15,16,17).